The van der Waals surface area contributed by atoms with Gasteiger partial charge in [0, 0.05) is 22.8 Å². The summed E-state index contributed by atoms with van der Waals surface area (Å²) in [5.74, 6) is 0. The van der Waals surface area contributed by atoms with E-state index in [0.29, 0.717) is 11.7 Å². The van der Waals surface area contributed by atoms with E-state index in [2.05, 4.69) is 15.6 Å². The lowest BCUT2D eigenvalue weighted by molar-refractivity contribution is 0.262. The summed E-state index contributed by atoms with van der Waals surface area (Å²) in [4.78, 5) is 15.2. The van der Waals surface area contributed by atoms with E-state index in [0.717, 1.165) is 28.6 Å². The predicted octanol–water partition coefficient (Wildman–Crippen LogP) is 4.37. The van der Waals surface area contributed by atoms with Crippen molar-refractivity contribution in [2.24, 2.45) is 0 Å². The smallest absolute Gasteiger partial charge is 0.323 e. The first-order valence-electron chi connectivity index (χ1n) is 7.41. The molecule has 0 unspecified atom stereocenters. The molecule has 106 valence electrons. The van der Waals surface area contributed by atoms with Crippen molar-refractivity contribution >= 4 is 28.3 Å². The van der Waals surface area contributed by atoms with E-state index in [1.807, 2.05) is 43.3 Å². The zero-order chi connectivity index (χ0) is 15.5. The number of H-pyrrole nitrogens is 1. The molecule has 0 radical (unpaired) electrons. The molecule has 1 aromatic heterocycles. The van der Waals surface area contributed by atoms with Crippen LogP contribution in [-0.4, -0.2) is 11.0 Å². The topological polar surface area (TPSA) is 56.9 Å². The van der Waals surface area contributed by atoms with Crippen LogP contribution in [0, 0.1) is 0 Å². The fourth-order valence-electron chi connectivity index (χ4n) is 2.21. The van der Waals surface area contributed by atoms with Gasteiger partial charge in [0.15, 0.2) is 0 Å². The van der Waals surface area contributed by atoms with Crippen LogP contribution in [0.4, 0.5) is 16.2 Å². The van der Waals surface area contributed by atoms with Gasteiger partial charge in [-0.3, -0.25) is 0 Å². The molecule has 0 saturated heterocycles. The number of para-hydroxylation sites is 1. The zero-order valence-electron chi connectivity index (χ0n) is 12.7. The van der Waals surface area contributed by atoms with Crippen molar-refractivity contribution in [2.45, 2.75) is 13.3 Å². The molecule has 4 nitrogen and oxygen atoms in total. The Labute approximate surface area is 124 Å². The minimum atomic E-state index is -0.326. The number of carbonyl (C=O) groups is 1. The Balaban J connectivity index is 1.74. The van der Waals surface area contributed by atoms with E-state index in [9.17, 15) is 4.79 Å². The SMILES string of the molecule is [2H]c1cc(NC(=O)Nc2c[nH]c3ccccc23)ccc1CC. The molecular weight excluding hydrogens is 262 g/mol. The van der Waals surface area contributed by atoms with Crippen LogP contribution in [0.1, 0.15) is 13.9 Å². The van der Waals surface area contributed by atoms with Crippen LogP contribution < -0.4 is 10.6 Å². The molecule has 2 aromatic carbocycles. The number of benzene rings is 2. The van der Waals surface area contributed by atoms with E-state index < -0.39 is 0 Å². The lowest BCUT2D eigenvalue weighted by atomic mass is 10.1. The summed E-state index contributed by atoms with van der Waals surface area (Å²) in [6.07, 6.45) is 2.57. The van der Waals surface area contributed by atoms with Gasteiger partial charge in [-0.25, -0.2) is 4.79 Å². The molecule has 0 saturated carbocycles. The number of hydrogen-bond donors (Lipinski definition) is 3. The van der Waals surface area contributed by atoms with Crippen LogP contribution in [0.25, 0.3) is 10.9 Å². The van der Waals surface area contributed by atoms with Crippen LogP contribution in [0.5, 0.6) is 0 Å². The van der Waals surface area contributed by atoms with E-state index in [1.165, 1.54) is 0 Å². The zero-order valence-corrected chi connectivity index (χ0v) is 11.7. The van der Waals surface area contributed by atoms with Crippen LogP contribution in [0.15, 0.2) is 54.7 Å². The highest BCUT2D eigenvalue weighted by Crippen LogP contribution is 2.22. The summed E-state index contributed by atoms with van der Waals surface area (Å²) in [7, 11) is 0. The molecule has 3 rings (SSSR count). The highest BCUT2D eigenvalue weighted by Gasteiger charge is 2.07. The minimum absolute atomic E-state index is 0.326. The highest BCUT2D eigenvalue weighted by molar-refractivity contribution is 6.05. The van der Waals surface area contributed by atoms with Crippen molar-refractivity contribution in [2.75, 3.05) is 10.6 Å². The van der Waals surface area contributed by atoms with Crippen LogP contribution in [-0.2, 0) is 6.42 Å². The number of carbonyl (C=O) groups excluding carboxylic acids is 1. The third-order valence-corrected chi connectivity index (χ3v) is 3.35. The maximum Gasteiger partial charge on any atom is 0.323 e. The van der Waals surface area contributed by atoms with Crippen molar-refractivity contribution in [3.8, 4) is 0 Å². The quantitative estimate of drug-likeness (QED) is 0.655. The van der Waals surface area contributed by atoms with E-state index >= 15 is 0 Å². The molecule has 0 aliphatic carbocycles. The second-order valence-corrected chi connectivity index (χ2v) is 4.78. The Hall–Kier alpha value is -2.75. The average Bonchev–Trinajstić information content (AvgIpc) is 2.91. The molecule has 1 heterocycles. The lowest BCUT2D eigenvalue weighted by Crippen LogP contribution is -2.19. The molecule has 2 amide bonds. The second kappa shape index (κ2) is 5.71. The number of rotatable bonds is 3. The highest BCUT2D eigenvalue weighted by atomic mass is 16.2. The monoisotopic (exact) mass is 280 g/mol. The van der Waals surface area contributed by atoms with Gasteiger partial charge < -0.3 is 15.6 Å². The molecule has 21 heavy (non-hydrogen) atoms. The van der Waals surface area contributed by atoms with Crippen molar-refractivity contribution in [3.05, 3.63) is 60.3 Å². The normalized spacial score (nSPS) is 11.2. The summed E-state index contributed by atoms with van der Waals surface area (Å²) in [6, 6.07) is 13.2. The summed E-state index contributed by atoms with van der Waals surface area (Å²) in [5, 5.41) is 6.53. The average molecular weight is 280 g/mol. The summed E-state index contributed by atoms with van der Waals surface area (Å²) in [6.45, 7) is 2.00. The number of aryl methyl sites for hydroxylation is 1. The van der Waals surface area contributed by atoms with Crippen LogP contribution >= 0.6 is 0 Å². The van der Waals surface area contributed by atoms with Gasteiger partial charge >= 0.3 is 6.03 Å². The van der Waals surface area contributed by atoms with Gasteiger partial charge in [0.05, 0.1) is 7.06 Å². The minimum Gasteiger partial charge on any atom is -0.359 e. The van der Waals surface area contributed by atoms with Crippen molar-refractivity contribution < 1.29 is 6.17 Å². The molecule has 0 atom stereocenters. The van der Waals surface area contributed by atoms with Gasteiger partial charge in [-0.1, -0.05) is 37.2 Å². The Morgan fingerprint density at radius 2 is 2.05 bits per heavy atom. The Morgan fingerprint density at radius 1 is 1.19 bits per heavy atom. The van der Waals surface area contributed by atoms with Crippen LogP contribution in [0.3, 0.4) is 0 Å². The number of anilines is 2. The van der Waals surface area contributed by atoms with Crippen molar-refractivity contribution in [1.29, 1.82) is 0 Å². The van der Waals surface area contributed by atoms with Crippen LogP contribution in [0.2, 0.25) is 0 Å². The number of fused-ring (bicyclic) bond motifs is 1. The van der Waals surface area contributed by atoms with Crippen molar-refractivity contribution in [3.63, 3.8) is 0 Å². The van der Waals surface area contributed by atoms with Gasteiger partial charge in [0.25, 0.3) is 0 Å². The largest absolute Gasteiger partial charge is 0.359 e. The first-order chi connectivity index (χ1) is 10.7. The maximum absolute atomic E-state index is 12.1. The standard InChI is InChI=1S/C17H17N3O/c1-2-12-7-9-13(10-8-12)19-17(21)20-16-11-18-15-6-4-3-5-14(15)16/h3-11,18H,2H2,1H3,(H2,19,20,21)/i7D. The van der Waals surface area contributed by atoms with E-state index in [4.69, 9.17) is 1.37 Å². The molecule has 0 aliphatic heterocycles. The first kappa shape index (κ1) is 12.0. The molecule has 0 aliphatic rings. The molecule has 3 N–H and O–H groups in total. The number of urea groups is 1. The van der Waals surface area contributed by atoms with Gasteiger partial charge in [0.2, 0.25) is 0 Å². The molecule has 3 aromatic rings. The van der Waals surface area contributed by atoms with E-state index in [1.54, 1.807) is 12.3 Å². The number of nitrogens with one attached hydrogen (secondary N) is 3. The van der Waals surface area contributed by atoms with Gasteiger partial charge in [-0.15, -0.1) is 0 Å². The van der Waals surface area contributed by atoms with E-state index in [-0.39, 0.29) is 6.03 Å². The first-order valence-corrected chi connectivity index (χ1v) is 6.91. The number of hydrogen-bond acceptors (Lipinski definition) is 1. The fraction of sp³-hybridized carbons (Fsp3) is 0.118. The molecular formula is C17H17N3O. The molecule has 0 bridgehead atoms. The summed E-state index contributed by atoms with van der Waals surface area (Å²) in [5.41, 5.74) is 3.27. The third kappa shape index (κ3) is 2.89. The predicted molar refractivity (Wildman–Crippen MR) is 86.8 cm³/mol. The Kier molecular flexibility index (Phi) is 3.27. The summed E-state index contributed by atoms with van der Waals surface area (Å²) < 4.78 is 7.88. The molecule has 4 heteroatoms. The van der Waals surface area contributed by atoms with Gasteiger partial charge in [-0.2, -0.15) is 0 Å². The fourth-order valence-corrected chi connectivity index (χ4v) is 2.21. The Bertz CT molecular complexity index is 826. The number of aromatic amines is 1. The maximum atomic E-state index is 12.1. The summed E-state index contributed by atoms with van der Waals surface area (Å²) >= 11 is 0. The third-order valence-electron chi connectivity index (χ3n) is 3.35. The Morgan fingerprint density at radius 3 is 2.86 bits per heavy atom. The number of aromatic nitrogens is 1. The molecule has 0 fully saturated rings. The second-order valence-electron chi connectivity index (χ2n) is 4.78. The number of amides is 2. The van der Waals surface area contributed by atoms with Gasteiger partial charge in [0.1, 0.15) is 0 Å². The molecule has 0 spiro atoms. The van der Waals surface area contributed by atoms with Gasteiger partial charge in [-0.05, 0) is 30.2 Å². The lowest BCUT2D eigenvalue weighted by Gasteiger charge is -2.07. The van der Waals surface area contributed by atoms with Crippen molar-refractivity contribution in [1.82, 2.24) is 4.98 Å².